The highest BCUT2D eigenvalue weighted by atomic mass is 16.5. The van der Waals surface area contributed by atoms with Crippen LogP contribution in [-0.2, 0) is 16.1 Å². The van der Waals surface area contributed by atoms with Gasteiger partial charge in [0, 0.05) is 32.4 Å². The molecule has 0 radical (unpaired) electrons. The lowest BCUT2D eigenvalue weighted by Crippen LogP contribution is -2.39. The Kier molecular flexibility index (Phi) is 6.88. The second-order valence-electron chi connectivity index (χ2n) is 7.37. The summed E-state index contributed by atoms with van der Waals surface area (Å²) in [5, 5.41) is 2.93. The number of rotatable bonds is 9. The van der Waals surface area contributed by atoms with Gasteiger partial charge in [0.1, 0.15) is 11.8 Å². The third-order valence-corrected chi connectivity index (χ3v) is 4.78. The van der Waals surface area contributed by atoms with E-state index in [1.54, 1.807) is 18.1 Å². The average Bonchev–Trinajstić information content (AvgIpc) is 2.98. The van der Waals surface area contributed by atoms with E-state index in [4.69, 9.17) is 9.47 Å². The SMILES string of the molecule is COCCCNC(=O)[C@@H]1c2ccccc2C(=O)N1Cc1ccc(OC(C)C)cc1. The summed E-state index contributed by atoms with van der Waals surface area (Å²) in [5.41, 5.74) is 2.28. The van der Waals surface area contributed by atoms with Crippen molar-refractivity contribution >= 4 is 11.8 Å². The number of carbonyl (C=O) groups is 2. The normalized spacial score (nSPS) is 15.5. The molecule has 0 aliphatic carbocycles. The van der Waals surface area contributed by atoms with E-state index in [0.29, 0.717) is 25.3 Å². The maximum Gasteiger partial charge on any atom is 0.255 e. The summed E-state index contributed by atoms with van der Waals surface area (Å²) in [6.07, 6.45) is 0.823. The van der Waals surface area contributed by atoms with Crippen molar-refractivity contribution in [2.75, 3.05) is 20.3 Å². The Balaban J connectivity index is 1.78. The molecule has 3 rings (SSSR count). The van der Waals surface area contributed by atoms with Crippen LogP contribution in [0.4, 0.5) is 0 Å². The number of hydrogen-bond acceptors (Lipinski definition) is 4. The van der Waals surface area contributed by atoms with Crippen LogP contribution in [0.15, 0.2) is 48.5 Å². The number of methoxy groups -OCH3 is 1. The van der Waals surface area contributed by atoms with Crippen LogP contribution >= 0.6 is 0 Å². The van der Waals surface area contributed by atoms with Crippen LogP contribution in [0.5, 0.6) is 5.75 Å². The van der Waals surface area contributed by atoms with Gasteiger partial charge < -0.3 is 19.7 Å². The van der Waals surface area contributed by atoms with Gasteiger partial charge in [-0.2, -0.15) is 0 Å². The van der Waals surface area contributed by atoms with Crippen LogP contribution in [0.2, 0.25) is 0 Å². The zero-order chi connectivity index (χ0) is 20.8. The van der Waals surface area contributed by atoms with E-state index >= 15 is 0 Å². The van der Waals surface area contributed by atoms with Gasteiger partial charge in [-0.1, -0.05) is 30.3 Å². The fraction of sp³-hybridized carbons (Fsp3) is 0.391. The van der Waals surface area contributed by atoms with E-state index in [2.05, 4.69) is 5.32 Å². The Bertz CT molecular complexity index is 848. The number of nitrogens with zero attached hydrogens (tertiary/aromatic N) is 1. The Morgan fingerprint density at radius 3 is 2.55 bits per heavy atom. The molecule has 0 fully saturated rings. The summed E-state index contributed by atoms with van der Waals surface area (Å²) in [7, 11) is 1.63. The van der Waals surface area contributed by atoms with Crippen molar-refractivity contribution in [3.05, 3.63) is 65.2 Å². The summed E-state index contributed by atoms with van der Waals surface area (Å²) in [6.45, 7) is 5.39. The van der Waals surface area contributed by atoms with Gasteiger partial charge in [-0.25, -0.2) is 0 Å². The van der Waals surface area contributed by atoms with Gasteiger partial charge in [0.2, 0.25) is 5.91 Å². The molecule has 2 amide bonds. The molecular formula is C23H28N2O4. The average molecular weight is 396 g/mol. The summed E-state index contributed by atoms with van der Waals surface area (Å²) >= 11 is 0. The summed E-state index contributed by atoms with van der Waals surface area (Å²) in [5.74, 6) is 0.492. The third kappa shape index (κ3) is 4.95. The monoisotopic (exact) mass is 396 g/mol. The van der Waals surface area contributed by atoms with Crippen LogP contribution in [0.1, 0.15) is 47.8 Å². The first-order valence-electron chi connectivity index (χ1n) is 9.93. The second-order valence-corrected chi connectivity index (χ2v) is 7.37. The summed E-state index contributed by atoms with van der Waals surface area (Å²) in [6, 6.07) is 14.3. The molecule has 6 heteroatoms. The minimum Gasteiger partial charge on any atom is -0.491 e. The Morgan fingerprint density at radius 2 is 1.86 bits per heavy atom. The molecule has 0 unspecified atom stereocenters. The third-order valence-electron chi connectivity index (χ3n) is 4.78. The van der Waals surface area contributed by atoms with Crippen LogP contribution in [-0.4, -0.2) is 43.1 Å². The van der Waals surface area contributed by atoms with Crippen LogP contribution < -0.4 is 10.1 Å². The van der Waals surface area contributed by atoms with Crippen LogP contribution in [0.25, 0.3) is 0 Å². The minimum absolute atomic E-state index is 0.0988. The molecule has 2 aromatic rings. The minimum atomic E-state index is -0.632. The number of nitrogens with one attached hydrogen (secondary N) is 1. The summed E-state index contributed by atoms with van der Waals surface area (Å²) < 4.78 is 10.7. The van der Waals surface area contributed by atoms with Gasteiger partial charge in [-0.15, -0.1) is 0 Å². The highest BCUT2D eigenvalue weighted by molar-refractivity contribution is 6.04. The first kappa shape index (κ1) is 20.9. The lowest BCUT2D eigenvalue weighted by molar-refractivity contribution is -0.125. The molecule has 1 atom stereocenters. The summed E-state index contributed by atoms with van der Waals surface area (Å²) in [4.78, 5) is 27.6. The van der Waals surface area contributed by atoms with E-state index < -0.39 is 6.04 Å². The van der Waals surface area contributed by atoms with Crippen molar-refractivity contribution in [3.8, 4) is 5.75 Å². The molecule has 0 saturated carbocycles. The molecule has 1 heterocycles. The maximum absolute atomic E-state index is 13.0. The predicted octanol–water partition coefficient (Wildman–Crippen LogP) is 3.32. The van der Waals surface area contributed by atoms with Crippen molar-refractivity contribution in [3.63, 3.8) is 0 Å². The topological polar surface area (TPSA) is 67.9 Å². The van der Waals surface area contributed by atoms with Crippen molar-refractivity contribution in [1.29, 1.82) is 0 Å². The second kappa shape index (κ2) is 9.56. The van der Waals surface area contributed by atoms with Crippen LogP contribution in [0, 0.1) is 0 Å². The quantitative estimate of drug-likeness (QED) is 0.660. The van der Waals surface area contributed by atoms with Gasteiger partial charge in [0.15, 0.2) is 0 Å². The number of amides is 2. The Morgan fingerprint density at radius 1 is 1.14 bits per heavy atom. The van der Waals surface area contributed by atoms with Crippen molar-refractivity contribution in [2.24, 2.45) is 0 Å². The Hall–Kier alpha value is -2.86. The maximum atomic E-state index is 13.0. The number of fused-ring (bicyclic) bond motifs is 1. The first-order chi connectivity index (χ1) is 14.0. The molecule has 6 nitrogen and oxygen atoms in total. The molecule has 2 aromatic carbocycles. The van der Waals surface area contributed by atoms with E-state index in [1.165, 1.54) is 0 Å². The van der Waals surface area contributed by atoms with Crippen molar-refractivity contribution < 1.29 is 19.1 Å². The molecular weight excluding hydrogens is 368 g/mol. The molecule has 29 heavy (non-hydrogen) atoms. The van der Waals surface area contributed by atoms with E-state index in [-0.39, 0.29) is 17.9 Å². The lowest BCUT2D eigenvalue weighted by Gasteiger charge is -2.25. The van der Waals surface area contributed by atoms with E-state index in [9.17, 15) is 9.59 Å². The molecule has 0 saturated heterocycles. The van der Waals surface area contributed by atoms with Crippen LogP contribution in [0.3, 0.4) is 0 Å². The largest absolute Gasteiger partial charge is 0.491 e. The van der Waals surface area contributed by atoms with Gasteiger partial charge in [0.25, 0.3) is 5.91 Å². The van der Waals surface area contributed by atoms with Crippen molar-refractivity contribution in [2.45, 2.75) is 39.0 Å². The smallest absolute Gasteiger partial charge is 0.255 e. The first-order valence-corrected chi connectivity index (χ1v) is 9.93. The molecule has 0 aromatic heterocycles. The fourth-order valence-corrected chi connectivity index (χ4v) is 3.48. The zero-order valence-corrected chi connectivity index (χ0v) is 17.2. The lowest BCUT2D eigenvalue weighted by atomic mass is 10.0. The number of carbonyl (C=O) groups excluding carboxylic acids is 2. The van der Waals surface area contributed by atoms with E-state index in [1.807, 2.05) is 56.3 Å². The standard InChI is InChI=1S/C23H28N2O4/c1-16(2)29-18-11-9-17(10-12-18)15-25-21(22(26)24-13-6-14-28-3)19-7-4-5-8-20(19)23(25)27/h4-5,7-12,16,21H,6,13-15H2,1-3H3,(H,24,26)/t21-/m0/s1. The fourth-order valence-electron chi connectivity index (χ4n) is 3.48. The van der Waals surface area contributed by atoms with Crippen molar-refractivity contribution in [1.82, 2.24) is 10.2 Å². The van der Waals surface area contributed by atoms with Gasteiger partial charge >= 0.3 is 0 Å². The Labute approximate surface area is 171 Å². The number of hydrogen-bond donors (Lipinski definition) is 1. The molecule has 0 spiro atoms. The predicted molar refractivity (Wildman–Crippen MR) is 111 cm³/mol. The number of benzene rings is 2. The molecule has 1 aliphatic rings. The molecule has 1 N–H and O–H groups in total. The van der Waals surface area contributed by atoms with Gasteiger partial charge in [0.05, 0.1) is 6.10 Å². The molecule has 0 bridgehead atoms. The zero-order valence-electron chi connectivity index (χ0n) is 17.2. The molecule has 154 valence electrons. The van der Waals surface area contributed by atoms with Gasteiger partial charge in [-0.05, 0) is 49.6 Å². The van der Waals surface area contributed by atoms with Gasteiger partial charge in [-0.3, -0.25) is 9.59 Å². The molecule has 1 aliphatic heterocycles. The number of ether oxygens (including phenoxy) is 2. The highest BCUT2D eigenvalue weighted by Crippen LogP contribution is 2.35. The van der Waals surface area contributed by atoms with E-state index in [0.717, 1.165) is 23.3 Å². The highest BCUT2D eigenvalue weighted by Gasteiger charge is 2.40.